The van der Waals surface area contributed by atoms with Gasteiger partial charge in [-0.15, -0.1) is 0 Å². The molecule has 0 unspecified atom stereocenters. The molecule has 0 saturated carbocycles. The summed E-state index contributed by atoms with van der Waals surface area (Å²) in [5.41, 5.74) is 10.1. The van der Waals surface area contributed by atoms with Crippen LogP contribution in [0.5, 0.6) is 0 Å². The van der Waals surface area contributed by atoms with Gasteiger partial charge in [-0.25, -0.2) is 9.97 Å². The quantitative estimate of drug-likeness (QED) is 0.368. The summed E-state index contributed by atoms with van der Waals surface area (Å²) in [4.78, 5) is 31.1. The van der Waals surface area contributed by atoms with Crippen molar-refractivity contribution in [2.24, 2.45) is 11.1 Å². The van der Waals surface area contributed by atoms with Crippen molar-refractivity contribution in [1.29, 1.82) is 0 Å². The van der Waals surface area contributed by atoms with E-state index < -0.39 is 11.8 Å². The fourth-order valence-corrected chi connectivity index (χ4v) is 6.85. The normalized spacial score (nSPS) is 21.3. The highest BCUT2D eigenvalue weighted by molar-refractivity contribution is 7.99. The maximum atomic E-state index is 14.5. The Kier molecular flexibility index (Phi) is 4.87. The molecular weight excluding hydrogens is 496 g/mol. The van der Waals surface area contributed by atoms with Gasteiger partial charge in [0.1, 0.15) is 5.03 Å². The minimum absolute atomic E-state index is 0.0433. The summed E-state index contributed by atoms with van der Waals surface area (Å²) in [7, 11) is 0. The summed E-state index contributed by atoms with van der Waals surface area (Å²) in [6.45, 7) is 1.63. The second-order valence-corrected chi connectivity index (χ2v) is 11.0. The van der Waals surface area contributed by atoms with Crippen LogP contribution in [0.2, 0.25) is 0 Å². The minimum Gasteiger partial charge on any atom is -0.342 e. The molecule has 8 nitrogen and oxygen atoms in total. The largest absolute Gasteiger partial charge is 0.353 e. The van der Waals surface area contributed by atoms with Crippen LogP contribution in [0.3, 0.4) is 0 Å². The molecule has 37 heavy (non-hydrogen) atoms. The van der Waals surface area contributed by atoms with Gasteiger partial charge >= 0.3 is 5.92 Å². The zero-order valence-corrected chi connectivity index (χ0v) is 20.5. The number of nitrogens with zero attached hydrogens (tertiary/aromatic N) is 4. The molecule has 188 valence electrons. The van der Waals surface area contributed by atoms with Gasteiger partial charge < -0.3 is 20.9 Å². The van der Waals surface area contributed by atoms with Crippen LogP contribution in [0.25, 0.3) is 11.3 Å². The number of aromatic amines is 1. The van der Waals surface area contributed by atoms with Crippen molar-refractivity contribution < 1.29 is 13.6 Å². The second-order valence-electron chi connectivity index (χ2n) is 9.95. The number of halogens is 2. The molecule has 1 aliphatic carbocycles. The number of hydrogen-bond acceptors (Lipinski definition) is 7. The highest BCUT2D eigenvalue weighted by Gasteiger charge is 2.50. The number of carbonyl (C=O) groups excluding carboxylic acids is 1. The van der Waals surface area contributed by atoms with E-state index in [2.05, 4.69) is 54.4 Å². The smallest absolute Gasteiger partial charge is 0.342 e. The zero-order chi connectivity index (χ0) is 25.4. The Morgan fingerprint density at radius 2 is 1.89 bits per heavy atom. The molecule has 1 atom stereocenters. The molecule has 2 aromatic heterocycles. The number of anilines is 2. The zero-order valence-electron chi connectivity index (χ0n) is 19.7. The van der Waals surface area contributed by atoms with E-state index in [9.17, 15) is 13.6 Å². The number of aromatic nitrogens is 4. The SMILES string of the molecule is N[C@@H]1c2ccccc2CC12CCN(c1nc3nc(Sc4cccc5c4C(F)(F)C(=O)N5)cnc3[nH]1)CC2. The molecule has 0 bridgehead atoms. The van der Waals surface area contributed by atoms with Crippen LogP contribution < -0.4 is 16.0 Å². The molecular formula is C26H23F2N7OS. The number of nitrogens with two attached hydrogens (primary N) is 1. The maximum Gasteiger partial charge on any atom is 0.353 e. The van der Waals surface area contributed by atoms with E-state index in [1.54, 1.807) is 12.1 Å². The molecule has 1 fully saturated rings. The second kappa shape index (κ2) is 7.96. The van der Waals surface area contributed by atoms with Crippen molar-refractivity contribution in [1.82, 2.24) is 19.9 Å². The molecule has 2 aromatic carbocycles. The summed E-state index contributed by atoms with van der Waals surface area (Å²) in [6, 6.07) is 13.1. The van der Waals surface area contributed by atoms with Gasteiger partial charge in [-0.1, -0.05) is 42.1 Å². The van der Waals surface area contributed by atoms with Crippen LogP contribution in [0.1, 0.15) is 35.6 Å². The van der Waals surface area contributed by atoms with Crippen molar-refractivity contribution in [3.63, 3.8) is 0 Å². The lowest BCUT2D eigenvalue weighted by molar-refractivity contribution is -0.139. The molecule has 2 aliphatic heterocycles. The van der Waals surface area contributed by atoms with E-state index in [0.29, 0.717) is 22.3 Å². The molecule has 1 saturated heterocycles. The topological polar surface area (TPSA) is 113 Å². The average Bonchev–Trinajstić information content (AvgIpc) is 3.50. The summed E-state index contributed by atoms with van der Waals surface area (Å²) < 4.78 is 29.0. The molecule has 4 heterocycles. The van der Waals surface area contributed by atoms with Crippen molar-refractivity contribution in [3.8, 4) is 0 Å². The highest BCUT2D eigenvalue weighted by Crippen LogP contribution is 2.51. The van der Waals surface area contributed by atoms with Gasteiger partial charge in [0.2, 0.25) is 5.95 Å². The predicted molar refractivity (Wildman–Crippen MR) is 136 cm³/mol. The number of carbonyl (C=O) groups is 1. The Hall–Kier alpha value is -3.57. The lowest BCUT2D eigenvalue weighted by Crippen LogP contribution is -2.44. The fraction of sp³-hybridized carbons (Fsp3) is 0.308. The number of rotatable bonds is 3. The molecule has 0 radical (unpaired) electrons. The van der Waals surface area contributed by atoms with Crippen molar-refractivity contribution in [2.45, 2.75) is 41.1 Å². The number of alkyl halides is 2. The van der Waals surface area contributed by atoms with Gasteiger partial charge in [-0.3, -0.25) is 4.79 Å². The summed E-state index contributed by atoms with van der Waals surface area (Å²) >= 11 is 1.04. The maximum absolute atomic E-state index is 14.5. The van der Waals surface area contributed by atoms with Gasteiger partial charge in [0.05, 0.1) is 17.4 Å². The Balaban J connectivity index is 1.10. The Morgan fingerprint density at radius 3 is 2.70 bits per heavy atom. The van der Waals surface area contributed by atoms with E-state index in [-0.39, 0.29) is 27.6 Å². The highest BCUT2D eigenvalue weighted by atomic mass is 32.2. The van der Waals surface area contributed by atoms with Crippen LogP contribution in [0.4, 0.5) is 20.4 Å². The van der Waals surface area contributed by atoms with E-state index in [1.807, 2.05) is 0 Å². The number of piperidine rings is 1. The van der Waals surface area contributed by atoms with Crippen molar-refractivity contribution in [3.05, 3.63) is 65.4 Å². The number of hydrogen-bond donors (Lipinski definition) is 3. The lowest BCUT2D eigenvalue weighted by Gasteiger charge is -2.42. The van der Waals surface area contributed by atoms with Crippen LogP contribution in [-0.4, -0.2) is 38.9 Å². The Bertz CT molecular complexity index is 1560. The van der Waals surface area contributed by atoms with Gasteiger partial charge in [0.15, 0.2) is 11.3 Å². The van der Waals surface area contributed by atoms with Gasteiger partial charge in [-0.05, 0) is 47.9 Å². The van der Waals surface area contributed by atoms with Gasteiger partial charge in [0.25, 0.3) is 5.91 Å². The first-order valence-corrected chi connectivity index (χ1v) is 13.0. The molecule has 4 N–H and O–H groups in total. The molecule has 11 heteroatoms. The monoisotopic (exact) mass is 519 g/mol. The Labute approximate surface area is 215 Å². The Morgan fingerprint density at radius 1 is 1.08 bits per heavy atom. The summed E-state index contributed by atoms with van der Waals surface area (Å²) in [5.74, 6) is -4.22. The van der Waals surface area contributed by atoms with E-state index in [4.69, 9.17) is 5.73 Å². The van der Waals surface area contributed by atoms with Crippen molar-refractivity contribution >= 4 is 40.6 Å². The number of imidazole rings is 1. The third kappa shape index (κ3) is 3.44. The first kappa shape index (κ1) is 22.6. The van der Waals surface area contributed by atoms with E-state index in [1.165, 1.54) is 23.4 Å². The molecule has 7 rings (SSSR count). The van der Waals surface area contributed by atoms with Crippen molar-refractivity contribution in [2.75, 3.05) is 23.3 Å². The van der Waals surface area contributed by atoms with Gasteiger partial charge in [0, 0.05) is 24.0 Å². The molecule has 4 aromatic rings. The molecule has 3 aliphatic rings. The van der Waals surface area contributed by atoms with Crippen LogP contribution in [0, 0.1) is 5.41 Å². The number of benzene rings is 2. The minimum atomic E-state index is -3.59. The lowest BCUT2D eigenvalue weighted by atomic mass is 9.73. The van der Waals surface area contributed by atoms with Crippen LogP contribution in [0.15, 0.2) is 58.6 Å². The number of fused-ring (bicyclic) bond motifs is 3. The van der Waals surface area contributed by atoms with Crippen LogP contribution in [-0.2, 0) is 17.1 Å². The van der Waals surface area contributed by atoms with Gasteiger partial charge in [-0.2, -0.15) is 13.8 Å². The standard InChI is InChI=1S/C26H23F2N7OS/c27-26(28)19-16(31-23(26)36)6-3-7-17(19)37-18-13-30-21-22(32-18)34-24(33-21)35-10-8-25(9-11-35)12-14-4-1-2-5-15(14)20(25)29/h1-7,13,20H,8-12,29H2,(H,31,36)(H,30,32,33,34)/t20-/m1/s1. The first-order valence-electron chi connectivity index (χ1n) is 12.2. The average molecular weight is 520 g/mol. The summed E-state index contributed by atoms with van der Waals surface area (Å²) in [6.07, 6.45) is 4.45. The number of amides is 1. The number of nitrogens with one attached hydrogen (secondary N) is 2. The first-order chi connectivity index (χ1) is 17.8. The number of H-pyrrole nitrogens is 1. The van der Waals surface area contributed by atoms with Crippen LogP contribution >= 0.6 is 11.8 Å². The molecule has 1 spiro atoms. The van der Waals surface area contributed by atoms with E-state index in [0.717, 1.165) is 44.1 Å². The fourth-order valence-electron chi connectivity index (χ4n) is 5.90. The summed E-state index contributed by atoms with van der Waals surface area (Å²) in [5, 5.41) is 2.66. The predicted octanol–water partition coefficient (Wildman–Crippen LogP) is 4.39. The third-order valence-corrected chi connectivity index (χ3v) is 8.88. The molecule has 1 amide bonds. The van der Waals surface area contributed by atoms with E-state index >= 15 is 0 Å². The third-order valence-electron chi connectivity index (χ3n) is 7.91.